The minimum atomic E-state index is -4.76. The van der Waals surface area contributed by atoms with Crippen molar-refractivity contribution in [3.05, 3.63) is 63.9 Å². The van der Waals surface area contributed by atoms with Crippen molar-refractivity contribution in [3.63, 3.8) is 0 Å². The Balaban J connectivity index is 1.59. The van der Waals surface area contributed by atoms with E-state index in [-0.39, 0.29) is 23.5 Å². The maximum Gasteiger partial charge on any atom is 0.449 e. The Kier molecular flexibility index (Phi) is 8.43. The number of nitrogens with zero attached hydrogens (tertiary/aromatic N) is 2. The third-order valence-corrected chi connectivity index (χ3v) is 5.71. The quantitative estimate of drug-likeness (QED) is 0.376. The molecule has 0 unspecified atom stereocenters. The fourth-order valence-corrected chi connectivity index (χ4v) is 4.17. The van der Waals surface area contributed by atoms with E-state index in [9.17, 15) is 22.8 Å². The summed E-state index contributed by atoms with van der Waals surface area (Å²) < 4.78 is 45.7. The highest BCUT2D eigenvalue weighted by molar-refractivity contribution is 6.35. The highest BCUT2D eigenvalue weighted by Crippen LogP contribution is 2.32. The minimum absolute atomic E-state index is 0.0823. The van der Waals surface area contributed by atoms with Crippen molar-refractivity contribution in [3.8, 4) is 0 Å². The summed E-state index contributed by atoms with van der Waals surface area (Å²) in [6.07, 6.45) is -3.17. The summed E-state index contributed by atoms with van der Waals surface area (Å²) in [7, 11) is 0. The Morgan fingerprint density at radius 1 is 1.18 bits per heavy atom. The molecule has 1 heterocycles. The number of alkyl halides is 3. The van der Waals surface area contributed by atoms with E-state index in [4.69, 9.17) is 27.9 Å². The van der Waals surface area contributed by atoms with Crippen LogP contribution in [0.5, 0.6) is 0 Å². The summed E-state index contributed by atoms with van der Waals surface area (Å²) in [6, 6.07) is 11.1. The van der Waals surface area contributed by atoms with Crippen molar-refractivity contribution < 1.29 is 27.5 Å². The van der Waals surface area contributed by atoms with E-state index in [1.807, 2.05) is 6.92 Å². The van der Waals surface area contributed by atoms with Crippen LogP contribution in [-0.2, 0) is 27.0 Å². The van der Waals surface area contributed by atoms with Crippen molar-refractivity contribution in [2.24, 2.45) is 0 Å². The fourth-order valence-electron chi connectivity index (χ4n) is 3.61. The van der Waals surface area contributed by atoms with E-state index in [0.29, 0.717) is 10.0 Å². The van der Waals surface area contributed by atoms with Crippen LogP contribution in [0.4, 0.5) is 13.2 Å². The maximum atomic E-state index is 13.4. The van der Waals surface area contributed by atoms with Gasteiger partial charge in [-0.2, -0.15) is 13.2 Å². The molecule has 11 heteroatoms. The number of nitrogens with one attached hydrogen (secondary N) is 1. The number of hydrogen-bond acceptors (Lipinski definition) is 4. The average Bonchev–Trinajstić information content (AvgIpc) is 3.14. The predicted octanol–water partition coefficient (Wildman–Crippen LogP) is 5.61. The van der Waals surface area contributed by atoms with Gasteiger partial charge in [0.2, 0.25) is 5.82 Å². The lowest BCUT2D eigenvalue weighted by atomic mass is 9.94. The topological polar surface area (TPSA) is 73.2 Å². The number of amides is 1. The van der Waals surface area contributed by atoms with E-state index in [1.54, 1.807) is 30.3 Å². The van der Waals surface area contributed by atoms with Gasteiger partial charge in [-0.25, -0.2) is 4.98 Å². The predicted molar refractivity (Wildman–Crippen MR) is 123 cm³/mol. The van der Waals surface area contributed by atoms with Crippen LogP contribution < -0.4 is 5.32 Å². The van der Waals surface area contributed by atoms with Crippen molar-refractivity contribution in [2.45, 2.75) is 38.4 Å². The standard InChI is InChI=1S/C23H22Cl2F3N3O3/c1-2-5-14(16-9-8-15(24)10-17(16)25)11-29-20(32)13-34-21(33)12-31-19-7-4-3-6-18(19)30-22(31)23(26,27)28/h3-4,6-10,14H,2,5,11-13H2,1H3,(H,29,32)/t14-/m1/s1. The van der Waals surface area contributed by atoms with Gasteiger partial charge in [0.25, 0.3) is 5.91 Å². The average molecular weight is 516 g/mol. The molecule has 0 fully saturated rings. The van der Waals surface area contributed by atoms with Crippen molar-refractivity contribution in [1.29, 1.82) is 0 Å². The fraction of sp³-hybridized carbons (Fsp3) is 0.348. The second kappa shape index (κ2) is 11.1. The zero-order valence-electron chi connectivity index (χ0n) is 18.2. The lowest BCUT2D eigenvalue weighted by Crippen LogP contribution is -2.33. The number of halogens is 5. The summed E-state index contributed by atoms with van der Waals surface area (Å²) >= 11 is 12.2. The minimum Gasteiger partial charge on any atom is -0.454 e. The van der Waals surface area contributed by atoms with Gasteiger partial charge in [-0.3, -0.25) is 9.59 Å². The van der Waals surface area contributed by atoms with Crippen LogP contribution in [0, 0.1) is 0 Å². The number of imidazole rings is 1. The number of esters is 1. The van der Waals surface area contributed by atoms with Crippen LogP contribution in [0.25, 0.3) is 11.0 Å². The van der Waals surface area contributed by atoms with Gasteiger partial charge in [-0.1, -0.05) is 54.7 Å². The molecule has 0 aliphatic heterocycles. The van der Waals surface area contributed by atoms with Crippen LogP contribution in [0.15, 0.2) is 42.5 Å². The molecule has 1 aromatic heterocycles. The summed E-state index contributed by atoms with van der Waals surface area (Å²) in [4.78, 5) is 28.0. The molecule has 1 atom stereocenters. The summed E-state index contributed by atoms with van der Waals surface area (Å²) in [5.74, 6) is -2.86. The lowest BCUT2D eigenvalue weighted by Gasteiger charge is -2.19. The molecule has 0 aliphatic carbocycles. The third-order valence-electron chi connectivity index (χ3n) is 5.14. The highest BCUT2D eigenvalue weighted by atomic mass is 35.5. The molecular weight excluding hydrogens is 494 g/mol. The molecule has 1 N–H and O–H groups in total. The smallest absolute Gasteiger partial charge is 0.449 e. The maximum absolute atomic E-state index is 13.4. The number of rotatable bonds is 9. The molecule has 182 valence electrons. The summed E-state index contributed by atoms with van der Waals surface area (Å²) in [6.45, 7) is 0.882. The van der Waals surface area contributed by atoms with Crippen molar-refractivity contribution in [2.75, 3.05) is 13.2 Å². The van der Waals surface area contributed by atoms with Gasteiger partial charge in [-0.05, 0) is 36.2 Å². The molecule has 0 aliphatic rings. The first kappa shape index (κ1) is 25.8. The molecule has 0 spiro atoms. The van der Waals surface area contributed by atoms with Gasteiger partial charge in [0.05, 0.1) is 11.0 Å². The van der Waals surface area contributed by atoms with Gasteiger partial charge in [0.15, 0.2) is 6.61 Å². The lowest BCUT2D eigenvalue weighted by molar-refractivity contribution is -0.153. The number of benzene rings is 2. The van der Waals surface area contributed by atoms with Gasteiger partial charge >= 0.3 is 12.1 Å². The Bertz CT molecular complexity index is 1180. The van der Waals surface area contributed by atoms with Crippen LogP contribution in [0.2, 0.25) is 10.0 Å². The molecule has 1 amide bonds. The molecule has 0 saturated carbocycles. The van der Waals surface area contributed by atoms with Crippen LogP contribution in [-0.4, -0.2) is 34.6 Å². The molecule has 34 heavy (non-hydrogen) atoms. The summed E-state index contributed by atoms with van der Waals surface area (Å²) in [5, 5.41) is 3.67. The molecular formula is C23H22Cl2F3N3O3. The van der Waals surface area contributed by atoms with E-state index in [1.165, 1.54) is 12.1 Å². The Hall–Kier alpha value is -2.78. The number of fused-ring (bicyclic) bond motifs is 1. The van der Waals surface area contributed by atoms with Crippen LogP contribution in [0.1, 0.15) is 37.1 Å². The molecule has 3 aromatic rings. The molecule has 3 rings (SSSR count). The van der Waals surface area contributed by atoms with E-state index >= 15 is 0 Å². The SMILES string of the molecule is CCC[C@H](CNC(=O)COC(=O)Cn1c(C(F)(F)F)nc2ccccc21)c1ccc(Cl)cc1Cl. The largest absolute Gasteiger partial charge is 0.454 e. The zero-order chi connectivity index (χ0) is 24.9. The first-order chi connectivity index (χ1) is 16.1. The van der Waals surface area contributed by atoms with Crippen molar-refractivity contribution in [1.82, 2.24) is 14.9 Å². The second-order valence-corrected chi connectivity index (χ2v) is 8.47. The zero-order valence-corrected chi connectivity index (χ0v) is 19.7. The second-order valence-electron chi connectivity index (χ2n) is 7.62. The van der Waals surface area contributed by atoms with E-state index < -0.39 is 37.0 Å². The molecule has 6 nitrogen and oxygen atoms in total. The Labute approximate surface area is 204 Å². The monoisotopic (exact) mass is 515 g/mol. The highest BCUT2D eigenvalue weighted by Gasteiger charge is 2.38. The number of para-hydroxylation sites is 2. The number of carbonyl (C=O) groups is 2. The van der Waals surface area contributed by atoms with E-state index in [2.05, 4.69) is 10.3 Å². The molecule has 0 radical (unpaired) electrons. The first-order valence-corrected chi connectivity index (χ1v) is 11.3. The van der Waals surface area contributed by atoms with Gasteiger partial charge < -0.3 is 14.6 Å². The normalized spacial score (nSPS) is 12.5. The Morgan fingerprint density at radius 3 is 2.59 bits per heavy atom. The number of ether oxygens (including phenoxy) is 1. The van der Waals surface area contributed by atoms with Gasteiger partial charge in [0.1, 0.15) is 6.54 Å². The van der Waals surface area contributed by atoms with Crippen LogP contribution >= 0.6 is 23.2 Å². The molecule has 0 bridgehead atoms. The van der Waals surface area contributed by atoms with Crippen LogP contribution in [0.3, 0.4) is 0 Å². The number of carbonyl (C=O) groups excluding carboxylic acids is 2. The number of aromatic nitrogens is 2. The van der Waals surface area contributed by atoms with Crippen molar-refractivity contribution >= 4 is 46.1 Å². The first-order valence-electron chi connectivity index (χ1n) is 10.5. The van der Waals surface area contributed by atoms with Gasteiger partial charge in [-0.15, -0.1) is 0 Å². The van der Waals surface area contributed by atoms with Gasteiger partial charge in [0, 0.05) is 22.5 Å². The van der Waals surface area contributed by atoms with E-state index in [0.717, 1.165) is 23.0 Å². The number of hydrogen-bond donors (Lipinski definition) is 1. The molecule has 0 saturated heterocycles. The Morgan fingerprint density at radius 2 is 1.91 bits per heavy atom. The molecule has 2 aromatic carbocycles. The third kappa shape index (κ3) is 6.42. The summed E-state index contributed by atoms with van der Waals surface area (Å²) in [5.41, 5.74) is 1.07.